The number of anilines is 2. The van der Waals surface area contributed by atoms with Crippen molar-refractivity contribution in [2.75, 3.05) is 5.32 Å². The van der Waals surface area contributed by atoms with Crippen molar-refractivity contribution < 1.29 is 0 Å². The number of benzene rings is 2. The van der Waals surface area contributed by atoms with Crippen molar-refractivity contribution in [1.29, 1.82) is 5.26 Å². The number of rotatable bonds is 2. The monoisotopic (exact) mass is 384 g/mol. The standard InChI is InChI=1S/C13H7Br2ClN2/c14-10-5-8(7-17)1-3-12(10)18-13-4-2-9(16)6-11(13)15/h1-6,18H. The number of nitrogens with zero attached hydrogens (tertiary/aromatic N) is 1. The molecule has 2 aromatic carbocycles. The van der Waals surface area contributed by atoms with E-state index in [-0.39, 0.29) is 0 Å². The summed E-state index contributed by atoms with van der Waals surface area (Å²) in [5.41, 5.74) is 2.41. The van der Waals surface area contributed by atoms with Crippen molar-refractivity contribution in [2.45, 2.75) is 0 Å². The van der Waals surface area contributed by atoms with E-state index in [1.165, 1.54) is 0 Å². The van der Waals surface area contributed by atoms with Gasteiger partial charge in [0.05, 0.1) is 23.0 Å². The first-order valence-corrected chi connectivity index (χ1v) is 6.98. The molecule has 0 aromatic heterocycles. The van der Waals surface area contributed by atoms with Crippen LogP contribution in [0.5, 0.6) is 0 Å². The fraction of sp³-hybridized carbons (Fsp3) is 0. The van der Waals surface area contributed by atoms with Crippen LogP contribution in [0.15, 0.2) is 45.3 Å². The van der Waals surface area contributed by atoms with Crippen LogP contribution < -0.4 is 5.32 Å². The number of nitriles is 1. The van der Waals surface area contributed by atoms with Crippen LogP contribution in [0.4, 0.5) is 11.4 Å². The third-order valence-corrected chi connectivity index (χ3v) is 3.85. The molecule has 0 amide bonds. The van der Waals surface area contributed by atoms with Crippen LogP contribution in [0.3, 0.4) is 0 Å². The first-order valence-electron chi connectivity index (χ1n) is 5.02. The van der Waals surface area contributed by atoms with Gasteiger partial charge in [0, 0.05) is 14.0 Å². The molecule has 1 N–H and O–H groups in total. The minimum absolute atomic E-state index is 0.614. The summed E-state index contributed by atoms with van der Waals surface area (Å²) in [5.74, 6) is 0. The maximum absolute atomic E-state index is 8.80. The average molecular weight is 386 g/mol. The molecular formula is C13H7Br2ClN2. The number of hydrogen-bond donors (Lipinski definition) is 1. The van der Waals surface area contributed by atoms with Crippen molar-refractivity contribution in [2.24, 2.45) is 0 Å². The van der Waals surface area contributed by atoms with E-state index in [4.69, 9.17) is 16.9 Å². The zero-order valence-corrected chi connectivity index (χ0v) is 13.0. The highest BCUT2D eigenvalue weighted by Crippen LogP contribution is 2.32. The molecule has 0 fully saturated rings. The molecule has 0 unspecified atom stereocenters. The molecule has 0 aliphatic rings. The Hall–Kier alpha value is -1.02. The molecular weight excluding hydrogens is 379 g/mol. The summed E-state index contributed by atoms with van der Waals surface area (Å²) in [6.45, 7) is 0. The van der Waals surface area contributed by atoms with E-state index in [1.54, 1.807) is 12.1 Å². The van der Waals surface area contributed by atoms with E-state index in [9.17, 15) is 0 Å². The van der Waals surface area contributed by atoms with Crippen LogP contribution in [0, 0.1) is 11.3 Å². The lowest BCUT2D eigenvalue weighted by Gasteiger charge is -2.10. The molecule has 0 heterocycles. The molecule has 0 spiro atoms. The zero-order valence-electron chi connectivity index (χ0n) is 9.05. The molecule has 18 heavy (non-hydrogen) atoms. The summed E-state index contributed by atoms with van der Waals surface area (Å²) in [4.78, 5) is 0. The lowest BCUT2D eigenvalue weighted by atomic mass is 10.2. The molecule has 2 rings (SSSR count). The van der Waals surface area contributed by atoms with Gasteiger partial charge in [0.25, 0.3) is 0 Å². The third kappa shape index (κ3) is 3.05. The molecule has 90 valence electrons. The van der Waals surface area contributed by atoms with E-state index < -0.39 is 0 Å². The Labute approximate surface area is 127 Å². The maximum Gasteiger partial charge on any atom is 0.0992 e. The zero-order chi connectivity index (χ0) is 13.1. The predicted molar refractivity (Wildman–Crippen MR) is 81.3 cm³/mol. The fourth-order valence-electron chi connectivity index (χ4n) is 1.42. The molecule has 0 bridgehead atoms. The number of nitrogens with one attached hydrogen (secondary N) is 1. The van der Waals surface area contributed by atoms with Gasteiger partial charge in [0.2, 0.25) is 0 Å². The first-order chi connectivity index (χ1) is 8.60. The quantitative estimate of drug-likeness (QED) is 0.742. The molecule has 0 aliphatic carbocycles. The van der Waals surface area contributed by atoms with E-state index in [0.717, 1.165) is 20.3 Å². The summed E-state index contributed by atoms with van der Waals surface area (Å²) < 4.78 is 1.72. The Kier molecular flexibility index (Phi) is 4.28. The van der Waals surface area contributed by atoms with Crippen LogP contribution in [0.2, 0.25) is 5.02 Å². The minimum Gasteiger partial charge on any atom is -0.354 e. The summed E-state index contributed by atoms with van der Waals surface area (Å²) >= 11 is 12.8. The van der Waals surface area contributed by atoms with E-state index >= 15 is 0 Å². The van der Waals surface area contributed by atoms with Gasteiger partial charge >= 0.3 is 0 Å². The Morgan fingerprint density at radius 1 is 1.00 bits per heavy atom. The van der Waals surface area contributed by atoms with E-state index in [1.807, 2.05) is 24.3 Å². The highest BCUT2D eigenvalue weighted by molar-refractivity contribution is 9.11. The highest BCUT2D eigenvalue weighted by Gasteiger charge is 2.05. The third-order valence-electron chi connectivity index (χ3n) is 2.30. The summed E-state index contributed by atoms with van der Waals surface area (Å²) in [5, 5.41) is 12.7. The summed E-state index contributed by atoms with van der Waals surface area (Å²) in [6, 6.07) is 13.0. The van der Waals surface area contributed by atoms with Crippen molar-refractivity contribution in [3.63, 3.8) is 0 Å². The van der Waals surface area contributed by atoms with Crippen molar-refractivity contribution in [3.8, 4) is 6.07 Å². The summed E-state index contributed by atoms with van der Waals surface area (Å²) in [7, 11) is 0. The van der Waals surface area contributed by atoms with Gasteiger partial charge in [-0.1, -0.05) is 11.6 Å². The van der Waals surface area contributed by atoms with Gasteiger partial charge < -0.3 is 5.32 Å². The Morgan fingerprint density at radius 3 is 2.17 bits per heavy atom. The van der Waals surface area contributed by atoms with Crippen LogP contribution >= 0.6 is 43.5 Å². The van der Waals surface area contributed by atoms with Crippen molar-refractivity contribution in [3.05, 3.63) is 55.9 Å². The largest absolute Gasteiger partial charge is 0.354 e. The molecule has 2 aromatic rings. The minimum atomic E-state index is 0.614. The first kappa shape index (κ1) is 13.4. The van der Waals surface area contributed by atoms with Gasteiger partial charge in [-0.3, -0.25) is 0 Å². The normalized spacial score (nSPS) is 9.89. The molecule has 0 saturated heterocycles. The Bertz CT molecular complexity index is 635. The van der Waals surface area contributed by atoms with Crippen LogP contribution in [0.25, 0.3) is 0 Å². The Morgan fingerprint density at radius 2 is 1.61 bits per heavy atom. The molecule has 0 saturated carbocycles. The second-order valence-electron chi connectivity index (χ2n) is 3.56. The van der Waals surface area contributed by atoms with Crippen molar-refractivity contribution >= 4 is 54.8 Å². The van der Waals surface area contributed by atoms with Crippen LogP contribution in [-0.2, 0) is 0 Å². The molecule has 0 atom stereocenters. The molecule has 5 heteroatoms. The van der Waals surface area contributed by atoms with Gasteiger partial charge in [0.1, 0.15) is 0 Å². The van der Waals surface area contributed by atoms with Gasteiger partial charge in [-0.25, -0.2) is 0 Å². The lowest BCUT2D eigenvalue weighted by molar-refractivity contribution is 1.45. The van der Waals surface area contributed by atoms with Gasteiger partial charge in [0.15, 0.2) is 0 Å². The van der Waals surface area contributed by atoms with Crippen molar-refractivity contribution in [1.82, 2.24) is 0 Å². The highest BCUT2D eigenvalue weighted by atomic mass is 79.9. The lowest BCUT2D eigenvalue weighted by Crippen LogP contribution is -1.93. The number of halogens is 3. The van der Waals surface area contributed by atoms with Gasteiger partial charge in [-0.2, -0.15) is 5.26 Å². The molecule has 2 nitrogen and oxygen atoms in total. The number of hydrogen-bond acceptors (Lipinski definition) is 2. The maximum atomic E-state index is 8.80. The van der Waals surface area contributed by atoms with E-state index in [2.05, 4.69) is 43.2 Å². The average Bonchev–Trinajstić information content (AvgIpc) is 2.34. The second kappa shape index (κ2) is 5.75. The molecule has 0 radical (unpaired) electrons. The SMILES string of the molecule is N#Cc1ccc(Nc2ccc(Cl)cc2Br)c(Br)c1. The van der Waals surface area contributed by atoms with Crippen LogP contribution in [-0.4, -0.2) is 0 Å². The van der Waals surface area contributed by atoms with E-state index in [0.29, 0.717) is 10.6 Å². The van der Waals surface area contributed by atoms with Crippen LogP contribution in [0.1, 0.15) is 5.56 Å². The fourth-order valence-corrected chi connectivity index (χ4v) is 2.68. The second-order valence-corrected chi connectivity index (χ2v) is 5.70. The van der Waals surface area contributed by atoms with Gasteiger partial charge in [-0.05, 0) is 68.3 Å². The molecule has 0 aliphatic heterocycles. The predicted octanol–water partition coefficient (Wildman–Crippen LogP) is 5.48. The smallest absolute Gasteiger partial charge is 0.0992 e. The topological polar surface area (TPSA) is 35.8 Å². The van der Waals surface area contributed by atoms with Gasteiger partial charge in [-0.15, -0.1) is 0 Å². The Balaban J connectivity index is 2.32. The summed E-state index contributed by atoms with van der Waals surface area (Å²) in [6.07, 6.45) is 0.